The van der Waals surface area contributed by atoms with Crippen LogP contribution in [0.25, 0.3) is 5.57 Å². The molecule has 3 N–H and O–H groups in total. The summed E-state index contributed by atoms with van der Waals surface area (Å²) in [6.07, 6.45) is 1.29. The van der Waals surface area contributed by atoms with Crippen LogP contribution >= 0.6 is 11.6 Å². The monoisotopic (exact) mass is 224 g/mol. The number of nitrogens with two attached hydrogens (primary N) is 1. The molecule has 4 nitrogen and oxygen atoms in total. The SMILES string of the molecule is NC(=O)C1=CN(O)Cc2cccc(Cl)c21. The van der Waals surface area contributed by atoms with Gasteiger partial charge in [-0.2, -0.15) is 0 Å². The molecule has 0 spiro atoms. The summed E-state index contributed by atoms with van der Waals surface area (Å²) in [5.74, 6) is -0.608. The third-order valence-electron chi connectivity index (χ3n) is 2.25. The van der Waals surface area contributed by atoms with E-state index >= 15 is 0 Å². The highest BCUT2D eigenvalue weighted by Crippen LogP contribution is 2.31. The van der Waals surface area contributed by atoms with Gasteiger partial charge in [-0.25, -0.2) is 0 Å². The molecule has 0 unspecified atom stereocenters. The van der Waals surface area contributed by atoms with Gasteiger partial charge in [0.2, 0.25) is 0 Å². The quantitative estimate of drug-likeness (QED) is 0.757. The fourth-order valence-electron chi connectivity index (χ4n) is 1.62. The Morgan fingerprint density at radius 3 is 2.93 bits per heavy atom. The largest absolute Gasteiger partial charge is 0.366 e. The normalized spacial score (nSPS) is 14.5. The van der Waals surface area contributed by atoms with E-state index in [1.54, 1.807) is 18.2 Å². The van der Waals surface area contributed by atoms with Crippen molar-refractivity contribution in [3.8, 4) is 0 Å². The van der Waals surface area contributed by atoms with Crippen LogP contribution in [0.1, 0.15) is 11.1 Å². The van der Waals surface area contributed by atoms with Gasteiger partial charge < -0.3 is 5.73 Å². The van der Waals surface area contributed by atoms with Gasteiger partial charge in [0.05, 0.1) is 12.1 Å². The lowest BCUT2D eigenvalue weighted by Crippen LogP contribution is -2.24. The Kier molecular flexibility index (Phi) is 2.38. The minimum atomic E-state index is -0.608. The summed E-state index contributed by atoms with van der Waals surface area (Å²) in [5, 5.41) is 10.8. The van der Waals surface area contributed by atoms with E-state index in [0.29, 0.717) is 17.1 Å². The second-order valence-corrected chi connectivity index (χ2v) is 3.69. The summed E-state index contributed by atoms with van der Waals surface area (Å²) in [7, 11) is 0. The predicted molar refractivity (Wildman–Crippen MR) is 56.0 cm³/mol. The van der Waals surface area contributed by atoms with Crippen LogP contribution in [-0.2, 0) is 11.3 Å². The summed E-state index contributed by atoms with van der Waals surface area (Å²) >= 11 is 5.98. The number of rotatable bonds is 1. The fourth-order valence-corrected chi connectivity index (χ4v) is 1.92. The summed E-state index contributed by atoms with van der Waals surface area (Å²) in [4.78, 5) is 11.2. The first-order valence-corrected chi connectivity index (χ1v) is 4.72. The van der Waals surface area contributed by atoms with Crippen molar-refractivity contribution >= 4 is 23.1 Å². The number of hydrogen-bond acceptors (Lipinski definition) is 3. The summed E-state index contributed by atoms with van der Waals surface area (Å²) in [5.41, 5.74) is 6.82. The molecule has 5 heteroatoms. The lowest BCUT2D eigenvalue weighted by atomic mass is 9.97. The van der Waals surface area contributed by atoms with Crippen molar-refractivity contribution in [3.05, 3.63) is 40.5 Å². The first-order valence-electron chi connectivity index (χ1n) is 4.34. The molecule has 0 aliphatic carbocycles. The maximum atomic E-state index is 11.2. The number of fused-ring (bicyclic) bond motifs is 1. The second-order valence-electron chi connectivity index (χ2n) is 3.28. The van der Waals surface area contributed by atoms with Gasteiger partial charge in [-0.05, 0) is 11.6 Å². The van der Waals surface area contributed by atoms with Gasteiger partial charge in [-0.3, -0.25) is 15.1 Å². The van der Waals surface area contributed by atoms with Crippen molar-refractivity contribution in [1.82, 2.24) is 5.06 Å². The smallest absolute Gasteiger partial charge is 0.250 e. The van der Waals surface area contributed by atoms with Gasteiger partial charge >= 0.3 is 0 Å². The molecule has 1 aliphatic heterocycles. The molecule has 1 amide bonds. The van der Waals surface area contributed by atoms with E-state index in [9.17, 15) is 10.0 Å². The summed E-state index contributed by atoms with van der Waals surface area (Å²) in [6, 6.07) is 5.24. The molecule has 0 radical (unpaired) electrons. The molecule has 0 atom stereocenters. The highest BCUT2D eigenvalue weighted by atomic mass is 35.5. The minimum Gasteiger partial charge on any atom is -0.366 e. The van der Waals surface area contributed by atoms with E-state index in [1.165, 1.54) is 6.20 Å². The highest BCUT2D eigenvalue weighted by molar-refractivity contribution is 6.35. The summed E-state index contributed by atoms with van der Waals surface area (Å²) in [6.45, 7) is 0.298. The fraction of sp³-hybridized carbons (Fsp3) is 0.100. The standard InChI is InChI=1S/C10H9ClN2O2/c11-8-3-1-2-6-4-13(15)5-7(9(6)8)10(12)14/h1-3,5,15H,4H2,(H2,12,14). The average Bonchev–Trinajstić information content (AvgIpc) is 2.16. The van der Waals surface area contributed by atoms with Crippen LogP contribution < -0.4 is 5.73 Å². The number of halogens is 1. The van der Waals surface area contributed by atoms with Gasteiger partial charge in [0.25, 0.3) is 5.91 Å². The molecule has 1 aromatic carbocycles. The van der Waals surface area contributed by atoms with Crippen LogP contribution in [0.2, 0.25) is 5.02 Å². The molecular formula is C10H9ClN2O2. The third kappa shape index (κ3) is 1.69. The van der Waals surface area contributed by atoms with Crippen molar-refractivity contribution in [1.29, 1.82) is 0 Å². The molecule has 0 bridgehead atoms. The molecule has 2 rings (SSSR count). The second kappa shape index (κ2) is 3.56. The number of nitrogens with zero attached hydrogens (tertiary/aromatic N) is 1. The van der Waals surface area contributed by atoms with Crippen LogP contribution in [0, 0.1) is 0 Å². The van der Waals surface area contributed by atoms with E-state index in [2.05, 4.69) is 0 Å². The number of primary amides is 1. The minimum absolute atomic E-state index is 0.226. The van der Waals surface area contributed by atoms with E-state index in [-0.39, 0.29) is 5.57 Å². The molecule has 78 valence electrons. The van der Waals surface area contributed by atoms with Crippen molar-refractivity contribution < 1.29 is 10.0 Å². The highest BCUT2D eigenvalue weighted by Gasteiger charge is 2.22. The van der Waals surface area contributed by atoms with Crippen LogP contribution in [0.5, 0.6) is 0 Å². The molecule has 0 aromatic heterocycles. The third-order valence-corrected chi connectivity index (χ3v) is 2.56. The van der Waals surface area contributed by atoms with Gasteiger partial charge in [-0.15, -0.1) is 0 Å². The molecular weight excluding hydrogens is 216 g/mol. The van der Waals surface area contributed by atoms with E-state index in [4.69, 9.17) is 17.3 Å². The average molecular weight is 225 g/mol. The van der Waals surface area contributed by atoms with Gasteiger partial charge in [0.1, 0.15) is 0 Å². The Morgan fingerprint density at radius 1 is 1.53 bits per heavy atom. The lowest BCUT2D eigenvalue weighted by Gasteiger charge is -2.23. The topological polar surface area (TPSA) is 66.6 Å². The van der Waals surface area contributed by atoms with Crippen molar-refractivity contribution in [2.45, 2.75) is 6.54 Å². The Morgan fingerprint density at radius 2 is 2.27 bits per heavy atom. The molecule has 1 heterocycles. The van der Waals surface area contributed by atoms with Crippen molar-refractivity contribution in [3.63, 3.8) is 0 Å². The zero-order valence-electron chi connectivity index (χ0n) is 7.77. The number of hydroxylamine groups is 2. The van der Waals surface area contributed by atoms with Crippen molar-refractivity contribution in [2.75, 3.05) is 0 Å². The van der Waals surface area contributed by atoms with Crippen LogP contribution in [0.3, 0.4) is 0 Å². The zero-order chi connectivity index (χ0) is 11.0. The van der Waals surface area contributed by atoms with Crippen LogP contribution in [0.4, 0.5) is 0 Å². The molecule has 0 saturated heterocycles. The molecule has 0 fully saturated rings. The molecule has 0 saturated carbocycles. The maximum Gasteiger partial charge on any atom is 0.250 e. The Hall–Kier alpha value is -1.52. The number of hydrogen-bond donors (Lipinski definition) is 2. The predicted octanol–water partition coefficient (Wildman–Crippen LogP) is 1.37. The van der Waals surface area contributed by atoms with E-state index in [0.717, 1.165) is 10.6 Å². The van der Waals surface area contributed by atoms with Crippen molar-refractivity contribution in [2.24, 2.45) is 5.73 Å². The number of amides is 1. The maximum absolute atomic E-state index is 11.2. The number of carbonyl (C=O) groups is 1. The Labute approximate surface area is 91.5 Å². The molecule has 15 heavy (non-hydrogen) atoms. The lowest BCUT2D eigenvalue weighted by molar-refractivity contribution is -0.113. The zero-order valence-corrected chi connectivity index (χ0v) is 8.53. The number of carbonyl (C=O) groups excluding carboxylic acids is 1. The Balaban J connectivity index is 2.63. The molecule has 1 aliphatic rings. The number of benzene rings is 1. The van der Waals surface area contributed by atoms with Crippen LogP contribution in [-0.4, -0.2) is 16.2 Å². The first-order chi connectivity index (χ1) is 7.09. The van der Waals surface area contributed by atoms with Gasteiger partial charge in [0, 0.05) is 16.8 Å². The first kappa shape index (κ1) is 10.0. The van der Waals surface area contributed by atoms with E-state index < -0.39 is 5.91 Å². The van der Waals surface area contributed by atoms with E-state index in [1.807, 2.05) is 0 Å². The van der Waals surface area contributed by atoms with Crippen LogP contribution in [0.15, 0.2) is 24.4 Å². The molecule has 1 aromatic rings. The van der Waals surface area contributed by atoms with Gasteiger partial charge in [-0.1, -0.05) is 23.7 Å². The van der Waals surface area contributed by atoms with Gasteiger partial charge in [0.15, 0.2) is 0 Å². The Bertz CT molecular complexity index is 457. The summed E-state index contributed by atoms with van der Waals surface area (Å²) < 4.78 is 0.